The molecule has 6 nitrogen and oxygen atoms in total. The highest BCUT2D eigenvalue weighted by molar-refractivity contribution is 7.68. The number of nitrogens with one attached hydrogen (secondary N) is 4. The molecule has 60 heavy (non-hydrogen) atoms. The van der Waals surface area contributed by atoms with Crippen LogP contribution in [-0.4, -0.2) is 19.9 Å². The molecular formula is C52H36N4O2P2. The lowest BCUT2D eigenvalue weighted by molar-refractivity contribution is 0.623. The van der Waals surface area contributed by atoms with Gasteiger partial charge in [-0.3, -0.25) is 0 Å². The first-order chi connectivity index (χ1) is 29.7. The van der Waals surface area contributed by atoms with Crippen molar-refractivity contribution in [2.45, 2.75) is 0 Å². The smallest absolute Gasteiger partial charge is 0.184 e. The maximum Gasteiger partial charge on any atom is 0.184 e. The Morgan fingerprint density at radius 1 is 0.283 bits per heavy atom. The second kappa shape index (κ2) is 14.3. The molecule has 0 fully saturated rings. The van der Waals surface area contributed by atoms with Gasteiger partial charge in [0.25, 0.3) is 0 Å². The quantitative estimate of drug-likeness (QED) is 0.110. The highest BCUT2D eigenvalue weighted by atomic mass is 31.1. The fourth-order valence-electron chi connectivity index (χ4n) is 8.49. The van der Waals surface area contributed by atoms with E-state index < -0.39 is 16.3 Å². The minimum atomic E-state index is -1.41. The van der Waals surface area contributed by atoms with E-state index in [0.29, 0.717) is 0 Å². The Bertz CT molecular complexity index is 3050. The summed E-state index contributed by atoms with van der Waals surface area (Å²) >= 11 is 0. The van der Waals surface area contributed by atoms with E-state index >= 15 is 0 Å². The molecule has 0 saturated heterocycles. The van der Waals surface area contributed by atoms with E-state index in [1.165, 1.54) is 0 Å². The van der Waals surface area contributed by atoms with Crippen LogP contribution in [0.25, 0.3) is 76.3 Å². The molecule has 286 valence electrons. The molecule has 0 aliphatic rings. The Morgan fingerprint density at radius 2 is 0.567 bits per heavy atom. The zero-order valence-corrected chi connectivity index (χ0v) is 34.0. The van der Waals surface area contributed by atoms with Crippen molar-refractivity contribution in [2.24, 2.45) is 0 Å². The van der Waals surface area contributed by atoms with Crippen molar-refractivity contribution >= 4 is 103 Å². The van der Waals surface area contributed by atoms with Crippen LogP contribution in [0.1, 0.15) is 0 Å². The fourth-order valence-corrected chi connectivity index (χ4v) is 12.0. The number of fused-ring (bicyclic) bond motifs is 6. The molecule has 8 heteroatoms. The van der Waals surface area contributed by atoms with E-state index in [1.807, 2.05) is 0 Å². The number of para-hydroxylation sites is 4. The van der Waals surface area contributed by atoms with Crippen molar-refractivity contribution in [2.75, 3.05) is 0 Å². The minimum absolute atomic E-state index is 0.777. The van der Waals surface area contributed by atoms with E-state index in [4.69, 9.17) is 9.05 Å². The predicted octanol–water partition coefficient (Wildman–Crippen LogP) is 12.4. The van der Waals surface area contributed by atoms with Gasteiger partial charge in [-0.1, -0.05) is 133 Å². The average molecular weight is 811 g/mol. The van der Waals surface area contributed by atoms with E-state index in [-0.39, 0.29) is 0 Å². The number of benzene rings is 8. The lowest BCUT2D eigenvalue weighted by Crippen LogP contribution is -2.18. The Hall–Kier alpha value is -7.10. The summed E-state index contributed by atoms with van der Waals surface area (Å²) in [5.41, 5.74) is 10.4. The number of aromatic nitrogens is 4. The summed E-state index contributed by atoms with van der Waals surface area (Å²) in [6.45, 7) is 0. The van der Waals surface area contributed by atoms with Crippen LogP contribution in [0.3, 0.4) is 0 Å². The SMILES string of the molecule is c1ccc2[nH]c(P(Oc3ccc4ccccc4c3-c3c(OP(c4cc5ccccc5[nH]4)c4cc5ccccc5[nH]4)ccc4ccccc34)c3cc4ccccc4[nH]3)cc2c1. The third-order valence-electron chi connectivity index (χ3n) is 11.3. The third kappa shape index (κ3) is 6.04. The maximum atomic E-state index is 7.54. The molecule has 0 saturated carbocycles. The first-order valence-electron chi connectivity index (χ1n) is 20.0. The molecule has 4 heterocycles. The normalized spacial score (nSPS) is 12.0. The van der Waals surface area contributed by atoms with Gasteiger partial charge in [0.2, 0.25) is 0 Å². The van der Waals surface area contributed by atoms with Crippen LogP contribution < -0.4 is 30.8 Å². The predicted molar refractivity (Wildman–Crippen MR) is 254 cm³/mol. The van der Waals surface area contributed by atoms with Crippen LogP contribution in [0, 0.1) is 0 Å². The number of hydrogen-bond donors (Lipinski definition) is 4. The molecule has 0 aliphatic heterocycles. The Kier molecular flexibility index (Phi) is 8.33. The molecule has 4 aromatic heterocycles. The van der Waals surface area contributed by atoms with Crippen molar-refractivity contribution in [3.05, 3.63) is 194 Å². The molecule has 4 N–H and O–H groups in total. The number of rotatable bonds is 9. The molecule has 12 aromatic rings. The summed E-state index contributed by atoms with van der Waals surface area (Å²) in [5.74, 6) is 1.55. The average Bonchev–Trinajstić information content (AvgIpc) is 4.11. The molecule has 0 spiro atoms. The van der Waals surface area contributed by atoms with Gasteiger partial charge in [-0.2, -0.15) is 0 Å². The van der Waals surface area contributed by atoms with Gasteiger partial charge in [-0.15, -0.1) is 0 Å². The van der Waals surface area contributed by atoms with Crippen molar-refractivity contribution in [1.29, 1.82) is 0 Å². The lowest BCUT2D eigenvalue weighted by atomic mass is 9.92. The van der Waals surface area contributed by atoms with E-state index in [9.17, 15) is 0 Å². The number of H-pyrrole nitrogens is 4. The Morgan fingerprint density at radius 3 is 0.883 bits per heavy atom. The van der Waals surface area contributed by atoms with Crippen molar-refractivity contribution in [3.63, 3.8) is 0 Å². The second-order valence-electron chi connectivity index (χ2n) is 15.1. The minimum Gasteiger partial charge on any atom is -0.461 e. The highest BCUT2D eigenvalue weighted by Gasteiger charge is 2.29. The van der Waals surface area contributed by atoms with Crippen LogP contribution in [0.15, 0.2) is 194 Å². The van der Waals surface area contributed by atoms with Gasteiger partial charge in [0, 0.05) is 54.7 Å². The molecule has 0 radical (unpaired) electrons. The topological polar surface area (TPSA) is 81.6 Å². The van der Waals surface area contributed by atoms with Gasteiger partial charge in [0.1, 0.15) is 11.5 Å². The lowest BCUT2D eigenvalue weighted by Gasteiger charge is -2.24. The van der Waals surface area contributed by atoms with Crippen LogP contribution in [0.4, 0.5) is 0 Å². The zero-order chi connectivity index (χ0) is 39.6. The first kappa shape index (κ1) is 34.9. The van der Waals surface area contributed by atoms with E-state index in [1.54, 1.807) is 0 Å². The standard InChI is InChI=1S/C52H36N4O2P2/c1-7-19-39-33(13-1)25-27-45(57-59(47-29-35-15-3-9-21-41(35)53-47)48-30-36-16-4-10-22-42(36)54-48)51(39)52-40-20-8-2-14-34(40)26-28-46(52)58-60(49-31-37-17-5-11-23-43(37)55-49)50-32-38-18-6-12-24-44(38)56-50/h1-32,53-56H. The van der Waals surface area contributed by atoms with Gasteiger partial charge in [0.15, 0.2) is 16.3 Å². The van der Waals surface area contributed by atoms with E-state index in [2.05, 4.69) is 214 Å². The molecule has 12 rings (SSSR count). The monoisotopic (exact) mass is 810 g/mol. The largest absolute Gasteiger partial charge is 0.461 e. The van der Waals surface area contributed by atoms with Gasteiger partial charge >= 0.3 is 0 Å². The fraction of sp³-hybridized carbons (Fsp3) is 0. The number of hydrogen-bond acceptors (Lipinski definition) is 2. The molecule has 0 unspecified atom stereocenters. The second-order valence-corrected chi connectivity index (χ2v) is 18.5. The van der Waals surface area contributed by atoms with Gasteiger partial charge < -0.3 is 29.0 Å². The van der Waals surface area contributed by atoms with Crippen molar-refractivity contribution in [1.82, 2.24) is 19.9 Å². The molecular weight excluding hydrogens is 775 g/mol. The summed E-state index contributed by atoms with van der Waals surface area (Å²) in [6, 6.07) is 68.4. The Balaban J connectivity index is 1.08. The summed E-state index contributed by atoms with van der Waals surface area (Å²) in [5, 5.41) is 8.98. The Labute approximate surface area is 347 Å². The van der Waals surface area contributed by atoms with Gasteiger partial charge in [-0.25, -0.2) is 0 Å². The molecule has 8 aromatic carbocycles. The maximum absolute atomic E-state index is 7.54. The molecule has 0 atom stereocenters. The first-order valence-corrected chi connectivity index (χ1v) is 22.5. The van der Waals surface area contributed by atoms with Crippen LogP contribution >= 0.6 is 16.3 Å². The number of aromatic amines is 4. The van der Waals surface area contributed by atoms with Gasteiger partial charge in [-0.05, 0) is 82.2 Å². The van der Waals surface area contributed by atoms with Crippen LogP contribution in [0.2, 0.25) is 0 Å². The van der Waals surface area contributed by atoms with Crippen LogP contribution in [0.5, 0.6) is 11.5 Å². The molecule has 0 amide bonds. The third-order valence-corrected chi connectivity index (χ3v) is 14.8. The zero-order valence-electron chi connectivity index (χ0n) is 32.2. The summed E-state index contributed by atoms with van der Waals surface area (Å²) in [4.78, 5) is 14.9. The van der Waals surface area contributed by atoms with Gasteiger partial charge in [0.05, 0.1) is 21.7 Å². The van der Waals surface area contributed by atoms with Crippen molar-refractivity contribution < 1.29 is 9.05 Å². The molecule has 0 bridgehead atoms. The van der Waals surface area contributed by atoms with Crippen LogP contribution in [-0.2, 0) is 0 Å². The summed E-state index contributed by atoms with van der Waals surface area (Å²) in [7, 11) is -2.81. The van der Waals surface area contributed by atoms with Crippen molar-refractivity contribution in [3.8, 4) is 22.6 Å². The summed E-state index contributed by atoms with van der Waals surface area (Å²) < 4.78 is 15.1. The van der Waals surface area contributed by atoms with E-state index in [0.717, 1.165) is 110 Å². The highest BCUT2D eigenvalue weighted by Crippen LogP contribution is 2.51. The molecule has 0 aliphatic carbocycles. The summed E-state index contributed by atoms with van der Waals surface area (Å²) in [6.07, 6.45) is 0.